The van der Waals surface area contributed by atoms with Gasteiger partial charge in [-0.2, -0.15) is 5.10 Å². The van der Waals surface area contributed by atoms with Gasteiger partial charge in [0, 0.05) is 11.7 Å². The lowest BCUT2D eigenvalue weighted by molar-refractivity contribution is 0.554. The first-order valence-electron chi connectivity index (χ1n) is 6.64. The summed E-state index contributed by atoms with van der Waals surface area (Å²) < 4.78 is 42.5. The first-order valence-corrected chi connectivity index (χ1v) is 8.13. The zero-order valence-corrected chi connectivity index (χ0v) is 12.6. The zero-order chi connectivity index (χ0) is 15.3. The van der Waals surface area contributed by atoms with Crippen molar-refractivity contribution >= 4 is 10.0 Å². The lowest BCUT2D eigenvalue weighted by atomic mass is 10.3. The largest absolute Gasteiger partial charge is 0.241 e. The summed E-state index contributed by atoms with van der Waals surface area (Å²) >= 11 is 0. The quantitative estimate of drug-likeness (QED) is 0.941. The highest BCUT2D eigenvalue weighted by Gasteiger charge is 2.41. The van der Waals surface area contributed by atoms with Gasteiger partial charge in [0.15, 0.2) is 0 Å². The molecule has 7 heteroatoms. The number of benzene rings is 1. The molecule has 1 saturated carbocycles. The van der Waals surface area contributed by atoms with Crippen LogP contribution in [0.4, 0.5) is 4.39 Å². The maximum atomic E-state index is 14.2. The highest BCUT2D eigenvalue weighted by molar-refractivity contribution is 7.89. The molecule has 0 amide bonds. The minimum atomic E-state index is -3.69. The molecule has 21 heavy (non-hydrogen) atoms. The van der Waals surface area contributed by atoms with Crippen molar-refractivity contribution in [2.45, 2.75) is 37.1 Å². The van der Waals surface area contributed by atoms with Crippen LogP contribution in [-0.4, -0.2) is 23.7 Å². The van der Waals surface area contributed by atoms with Crippen molar-refractivity contribution in [1.29, 1.82) is 0 Å². The van der Waals surface area contributed by atoms with E-state index in [1.807, 2.05) is 13.8 Å². The molecule has 1 N–H and O–H groups in total. The van der Waals surface area contributed by atoms with Crippen molar-refractivity contribution in [2.75, 3.05) is 0 Å². The van der Waals surface area contributed by atoms with Gasteiger partial charge in [0.05, 0.1) is 11.1 Å². The van der Waals surface area contributed by atoms with E-state index in [0.717, 1.165) is 24.5 Å². The molecule has 1 aliphatic carbocycles. The maximum Gasteiger partial charge on any atom is 0.241 e. The van der Waals surface area contributed by atoms with Crippen molar-refractivity contribution in [3.05, 3.63) is 42.0 Å². The molecule has 0 atom stereocenters. The van der Waals surface area contributed by atoms with Gasteiger partial charge in [-0.05, 0) is 50.5 Å². The number of aryl methyl sites for hydroxylation is 1. The van der Waals surface area contributed by atoms with E-state index in [9.17, 15) is 12.8 Å². The number of nitrogens with zero attached hydrogens (tertiary/aromatic N) is 2. The van der Waals surface area contributed by atoms with Crippen LogP contribution in [0, 0.1) is 12.7 Å². The molecule has 1 aromatic heterocycles. The van der Waals surface area contributed by atoms with Crippen LogP contribution in [0.2, 0.25) is 0 Å². The maximum absolute atomic E-state index is 14.2. The van der Waals surface area contributed by atoms with Crippen molar-refractivity contribution in [2.24, 2.45) is 0 Å². The Morgan fingerprint density at radius 1 is 1.38 bits per heavy atom. The second-order valence-corrected chi connectivity index (χ2v) is 7.42. The molecule has 112 valence electrons. The van der Waals surface area contributed by atoms with E-state index >= 15 is 0 Å². The molecule has 2 aromatic rings. The highest BCUT2D eigenvalue weighted by atomic mass is 32.2. The number of nitrogens with one attached hydrogen (secondary N) is 1. The van der Waals surface area contributed by atoms with E-state index in [0.29, 0.717) is 0 Å². The van der Waals surface area contributed by atoms with Gasteiger partial charge in [-0.1, -0.05) is 0 Å². The van der Waals surface area contributed by atoms with Crippen LogP contribution in [0.3, 0.4) is 0 Å². The van der Waals surface area contributed by atoms with Crippen LogP contribution in [0.5, 0.6) is 0 Å². The molecule has 5 nitrogen and oxygen atoms in total. The van der Waals surface area contributed by atoms with Gasteiger partial charge in [-0.25, -0.2) is 22.2 Å². The SMILES string of the molecule is Cc1cnn(-c2ccc(S(=O)(=O)NC3(C)CC3)cc2F)c1. The summed E-state index contributed by atoms with van der Waals surface area (Å²) in [6, 6.07) is 3.84. The average molecular weight is 309 g/mol. The summed E-state index contributed by atoms with van der Waals surface area (Å²) in [6.45, 7) is 3.68. The van der Waals surface area contributed by atoms with Gasteiger partial charge in [0.25, 0.3) is 0 Å². The first kappa shape index (κ1) is 14.2. The Labute approximate surface area is 122 Å². The molecule has 1 aromatic carbocycles. The Hall–Kier alpha value is -1.73. The topological polar surface area (TPSA) is 64.0 Å². The van der Waals surface area contributed by atoms with Crippen LogP contribution >= 0.6 is 0 Å². The molecule has 1 fully saturated rings. The lowest BCUT2D eigenvalue weighted by Gasteiger charge is -2.13. The van der Waals surface area contributed by atoms with Crippen LogP contribution in [0.25, 0.3) is 5.69 Å². The molecular weight excluding hydrogens is 293 g/mol. The van der Waals surface area contributed by atoms with Gasteiger partial charge in [0.2, 0.25) is 10.0 Å². The number of rotatable bonds is 4. The summed E-state index contributed by atoms with van der Waals surface area (Å²) in [5.74, 6) is -0.623. The summed E-state index contributed by atoms with van der Waals surface area (Å²) in [5.41, 5.74) is 0.738. The molecule has 0 saturated heterocycles. The van der Waals surface area contributed by atoms with Crippen molar-refractivity contribution in [1.82, 2.24) is 14.5 Å². The summed E-state index contributed by atoms with van der Waals surface area (Å²) in [4.78, 5) is -0.0687. The molecule has 0 unspecified atom stereocenters. The van der Waals surface area contributed by atoms with E-state index < -0.39 is 15.8 Å². The third kappa shape index (κ3) is 2.84. The Kier molecular flexibility index (Phi) is 3.14. The van der Waals surface area contributed by atoms with E-state index in [1.165, 1.54) is 16.8 Å². The minimum absolute atomic E-state index is 0.0687. The average Bonchev–Trinajstić information content (AvgIpc) is 2.95. The number of hydrogen-bond donors (Lipinski definition) is 1. The van der Waals surface area contributed by atoms with E-state index in [-0.39, 0.29) is 16.1 Å². The number of sulfonamides is 1. The third-order valence-electron chi connectivity index (χ3n) is 3.57. The number of hydrogen-bond acceptors (Lipinski definition) is 3. The van der Waals surface area contributed by atoms with Crippen LogP contribution in [0.15, 0.2) is 35.5 Å². The normalized spacial score (nSPS) is 16.9. The van der Waals surface area contributed by atoms with Gasteiger partial charge in [-0.3, -0.25) is 0 Å². The molecule has 1 aliphatic rings. The van der Waals surface area contributed by atoms with Crippen LogP contribution in [0.1, 0.15) is 25.3 Å². The molecule has 3 rings (SSSR count). The predicted octanol–water partition coefficient (Wildman–Crippen LogP) is 2.15. The second-order valence-electron chi connectivity index (χ2n) is 5.74. The Balaban J connectivity index is 1.94. The monoisotopic (exact) mass is 309 g/mol. The zero-order valence-electron chi connectivity index (χ0n) is 11.8. The number of halogens is 1. The van der Waals surface area contributed by atoms with Gasteiger partial charge in [0.1, 0.15) is 11.5 Å². The van der Waals surface area contributed by atoms with Gasteiger partial charge in [-0.15, -0.1) is 0 Å². The number of aromatic nitrogens is 2. The first-order chi connectivity index (χ1) is 9.79. The Morgan fingerprint density at radius 3 is 2.62 bits per heavy atom. The summed E-state index contributed by atoms with van der Waals surface area (Å²) in [7, 11) is -3.69. The standard InChI is InChI=1S/C14H16FN3O2S/c1-10-8-16-18(9-10)13-4-3-11(7-12(13)15)21(19,20)17-14(2)5-6-14/h3-4,7-9,17H,5-6H2,1-2H3. The molecule has 1 heterocycles. The van der Waals surface area contributed by atoms with Crippen molar-refractivity contribution in [3.63, 3.8) is 0 Å². The predicted molar refractivity (Wildman–Crippen MR) is 76.2 cm³/mol. The summed E-state index contributed by atoms with van der Waals surface area (Å²) in [5, 5.41) is 4.02. The fourth-order valence-corrected chi connectivity index (χ4v) is 3.53. The van der Waals surface area contributed by atoms with E-state index in [2.05, 4.69) is 9.82 Å². The Morgan fingerprint density at radius 2 is 2.10 bits per heavy atom. The van der Waals surface area contributed by atoms with Crippen molar-refractivity contribution < 1.29 is 12.8 Å². The second kappa shape index (κ2) is 4.64. The van der Waals surface area contributed by atoms with E-state index in [1.54, 1.807) is 12.4 Å². The van der Waals surface area contributed by atoms with E-state index in [4.69, 9.17) is 0 Å². The van der Waals surface area contributed by atoms with Crippen LogP contribution < -0.4 is 4.72 Å². The fraction of sp³-hybridized carbons (Fsp3) is 0.357. The fourth-order valence-electron chi connectivity index (χ4n) is 2.06. The Bertz CT molecular complexity index is 794. The van der Waals surface area contributed by atoms with Gasteiger partial charge >= 0.3 is 0 Å². The van der Waals surface area contributed by atoms with Crippen molar-refractivity contribution in [3.8, 4) is 5.69 Å². The highest BCUT2D eigenvalue weighted by Crippen LogP contribution is 2.36. The lowest BCUT2D eigenvalue weighted by Crippen LogP contribution is -2.34. The van der Waals surface area contributed by atoms with Crippen LogP contribution in [-0.2, 0) is 10.0 Å². The molecule has 0 spiro atoms. The third-order valence-corrected chi connectivity index (χ3v) is 5.20. The molecule has 0 bridgehead atoms. The molecule has 0 aliphatic heterocycles. The summed E-state index contributed by atoms with van der Waals surface area (Å²) in [6.07, 6.45) is 4.90. The minimum Gasteiger partial charge on any atom is -0.238 e. The molecule has 0 radical (unpaired) electrons. The molecular formula is C14H16FN3O2S. The smallest absolute Gasteiger partial charge is 0.238 e. The van der Waals surface area contributed by atoms with Gasteiger partial charge < -0.3 is 0 Å².